The monoisotopic (exact) mass is 1480 g/mol. The first kappa shape index (κ1) is 83.9. The summed E-state index contributed by atoms with van der Waals surface area (Å²) in [6.45, 7) is 3.44. The fourth-order valence-electron chi connectivity index (χ4n) is 9.93. The molecule has 2 aromatic carbocycles. The van der Waals surface area contributed by atoms with Gasteiger partial charge in [-0.15, -0.1) is 0 Å². The summed E-state index contributed by atoms with van der Waals surface area (Å²) in [5.74, 6) is -9.52. The van der Waals surface area contributed by atoms with Crippen molar-refractivity contribution in [1.82, 2.24) is 90.1 Å². The Balaban J connectivity index is 1.76. The van der Waals surface area contributed by atoms with Gasteiger partial charge in [0.25, 0.3) is 5.91 Å². The molecule has 0 bridgehead atoms. The van der Waals surface area contributed by atoms with Crippen LogP contribution in [0.25, 0.3) is 11.3 Å². The molecule has 1 aliphatic heterocycles. The van der Waals surface area contributed by atoms with Crippen LogP contribution in [0.4, 0.5) is 0 Å². The van der Waals surface area contributed by atoms with Crippen LogP contribution in [0.15, 0.2) is 72.9 Å². The molecule has 3 aromatic rings. The van der Waals surface area contributed by atoms with E-state index in [9.17, 15) is 63.0 Å². The van der Waals surface area contributed by atoms with Crippen LogP contribution in [-0.2, 0) is 54.4 Å². The van der Waals surface area contributed by atoms with Crippen molar-refractivity contribution >= 4 is 140 Å². The molecule has 2 heterocycles. The number of nitrogens with zero attached hydrogens (tertiary/aromatic N) is 1. The van der Waals surface area contributed by atoms with E-state index in [1.807, 2.05) is 0 Å². The largest absolute Gasteiger partial charge is 0.394 e. The summed E-state index contributed by atoms with van der Waals surface area (Å²) in [5.41, 5.74) is 1.74. The molecular weight excluding hydrogens is 1390 g/mol. The van der Waals surface area contributed by atoms with Crippen LogP contribution in [0.1, 0.15) is 75.2 Å². The van der Waals surface area contributed by atoms with E-state index >= 15 is 0 Å². The van der Waals surface area contributed by atoms with E-state index in [2.05, 4.69) is 153 Å². The maximum Gasteiger partial charge on any atom is 0.252 e. The number of carbonyl (C=O) groups excluding carboxylic acids is 11. The zero-order valence-electron chi connectivity index (χ0n) is 54.7. The molecule has 1 aliphatic rings. The SMILES string of the molecule is CC(C)C[C@@H]1NC(=O)[C@@H](Cc2ccccc2)NC(=O)[C@H](CCNCS)NC(=O)[C@@H](NC(=O)[C@H](CNCS)NC(=O)[C@H](CO)NC(=O)[C@H](CCNCS)NC(=O)c2ccnc(-c3cccc(Cl)c3)c2)CCNC(=O)[C@H]([C@@H](C)O)NC(=O)[C@H](CCNCS)NC(=O)[C@H](CCNCS)NC1=O. The molecule has 1 aromatic heterocycles. The maximum absolute atomic E-state index is 14.9. The molecule has 542 valence electrons. The molecule has 30 nitrogen and oxygen atoms in total. The number of benzene rings is 2. The zero-order chi connectivity index (χ0) is 72.1. The minimum atomic E-state index is -1.75. The molecule has 0 spiro atoms. The highest BCUT2D eigenvalue weighted by atomic mass is 35.5. The van der Waals surface area contributed by atoms with Crippen LogP contribution >= 0.6 is 74.7 Å². The highest BCUT2D eigenvalue weighted by Crippen LogP contribution is 2.22. The summed E-state index contributed by atoms with van der Waals surface area (Å²) in [7, 11) is 0. The van der Waals surface area contributed by atoms with E-state index in [1.54, 1.807) is 68.4 Å². The van der Waals surface area contributed by atoms with Crippen molar-refractivity contribution in [1.29, 1.82) is 0 Å². The van der Waals surface area contributed by atoms with Gasteiger partial charge in [0.2, 0.25) is 59.1 Å². The van der Waals surface area contributed by atoms with Crippen molar-refractivity contribution in [3.05, 3.63) is 89.1 Å². The molecule has 11 atom stereocenters. The van der Waals surface area contributed by atoms with Crippen molar-refractivity contribution in [2.24, 2.45) is 5.92 Å². The van der Waals surface area contributed by atoms with Gasteiger partial charge in [0.15, 0.2) is 0 Å². The van der Waals surface area contributed by atoms with Crippen molar-refractivity contribution in [3.63, 3.8) is 0 Å². The third kappa shape index (κ3) is 29.8. The predicted octanol–water partition coefficient (Wildman–Crippen LogP) is -3.01. The number of rotatable bonds is 34. The van der Waals surface area contributed by atoms with Crippen LogP contribution in [-0.4, -0.2) is 222 Å². The van der Waals surface area contributed by atoms with Crippen molar-refractivity contribution in [2.45, 2.75) is 132 Å². The Morgan fingerprint density at radius 3 is 1.65 bits per heavy atom. The van der Waals surface area contributed by atoms with Gasteiger partial charge < -0.3 is 95.3 Å². The van der Waals surface area contributed by atoms with E-state index in [0.717, 1.165) is 0 Å². The number of hydrogen-bond donors (Lipinski definition) is 23. The predicted molar refractivity (Wildman–Crippen MR) is 387 cm³/mol. The van der Waals surface area contributed by atoms with Gasteiger partial charge in [0, 0.05) is 71.2 Å². The third-order valence-corrected chi connectivity index (χ3v) is 16.5. The average molecular weight is 1480 g/mol. The first-order valence-electron chi connectivity index (χ1n) is 31.9. The Kier molecular flexibility index (Phi) is 39.4. The summed E-state index contributed by atoms with van der Waals surface area (Å²) in [6.07, 6.45) is -1.02. The van der Waals surface area contributed by atoms with Gasteiger partial charge in [-0.05, 0) is 107 Å². The van der Waals surface area contributed by atoms with Gasteiger partial charge in [-0.2, -0.15) is 63.1 Å². The lowest BCUT2D eigenvalue weighted by molar-refractivity contribution is -0.136. The minimum absolute atomic E-state index is 0.0264. The molecule has 11 amide bonds. The Morgan fingerprint density at radius 1 is 0.571 bits per heavy atom. The highest BCUT2D eigenvalue weighted by molar-refractivity contribution is 7.80. The fourth-order valence-corrected chi connectivity index (χ4v) is 10.9. The Labute approximate surface area is 602 Å². The molecule has 4 rings (SSSR count). The van der Waals surface area contributed by atoms with Crippen LogP contribution in [0, 0.1) is 5.92 Å². The normalized spacial score (nSPS) is 20.7. The number of aliphatic hydroxyl groups is 2. The Hall–Kier alpha value is -6.48. The summed E-state index contributed by atoms with van der Waals surface area (Å²) in [5, 5.41) is 65.6. The zero-order valence-corrected chi connectivity index (χ0v) is 60.0. The van der Waals surface area contributed by atoms with Crippen LogP contribution < -0.4 is 85.1 Å². The number of thiol groups is 5. The number of amides is 11. The molecule has 0 aliphatic carbocycles. The summed E-state index contributed by atoms with van der Waals surface area (Å²) >= 11 is 27.2. The summed E-state index contributed by atoms with van der Waals surface area (Å²) in [4.78, 5) is 163. The first-order chi connectivity index (χ1) is 47.0. The molecule has 0 radical (unpaired) electrons. The van der Waals surface area contributed by atoms with E-state index < -0.39 is 151 Å². The lowest BCUT2D eigenvalue weighted by Crippen LogP contribution is -2.62. The lowest BCUT2D eigenvalue weighted by atomic mass is 10.00. The molecule has 18 N–H and O–H groups in total. The van der Waals surface area contributed by atoms with Crippen LogP contribution in [0.5, 0.6) is 0 Å². The van der Waals surface area contributed by atoms with Crippen molar-refractivity contribution in [3.8, 4) is 11.3 Å². The second-order valence-corrected chi connectivity index (χ2v) is 25.2. The van der Waals surface area contributed by atoms with E-state index in [0.29, 0.717) is 21.8 Å². The van der Waals surface area contributed by atoms with Crippen molar-refractivity contribution in [2.75, 3.05) is 75.3 Å². The number of pyridine rings is 1. The molecule has 0 saturated carbocycles. The number of hydrogen-bond acceptors (Lipinski definition) is 24. The second kappa shape index (κ2) is 46.0. The van der Waals surface area contributed by atoms with Crippen molar-refractivity contribution < 1.29 is 63.0 Å². The van der Waals surface area contributed by atoms with E-state index in [1.165, 1.54) is 25.3 Å². The number of halogens is 1. The van der Waals surface area contributed by atoms with Gasteiger partial charge >= 0.3 is 0 Å². The number of nitrogens with one attached hydrogen (secondary N) is 16. The second-order valence-electron chi connectivity index (χ2n) is 23.2. The van der Waals surface area contributed by atoms with Gasteiger partial charge in [-0.1, -0.05) is 67.9 Å². The minimum Gasteiger partial charge on any atom is -0.394 e. The standard InChI is InChI=1S/C62H94ClN17O13S5/c1-35(2)24-47-58(89)74-42(14-19-65-31-95)53(84)73-44(16-21-67-33-97)57(88)80-51(36(3)82)62(93)70-23-17-45(54(85)72-43(15-20-66-32-96)55(86)77-48(59(90)76-47)25-37-8-5-4-6-9-37)75-60(91)49(28-68-34-98)78-61(92)50(29-81)79-56(87)41(13-18-64-30-94)71-52(83)39-12-22-69-46(27-39)38-10-7-11-40(63)26-38/h4-12,22,26-27,35-36,41-45,47-51,64-68,81-82,94-98H,13-21,23-25,28-34H2,1-3H3,(H,70,93)(H,71,83)(H,72,85)(H,73,84)(H,74,89)(H,75,91)(H,76,90)(H,77,86)(H,78,92)(H,79,87)(H,80,88)/t36-,41+,42+,43+,44+,45+,47+,48-,49+,50+,51+/m1/s1. The molecule has 1 fully saturated rings. The average Bonchev–Trinajstić information content (AvgIpc) is 1.11. The summed E-state index contributed by atoms with van der Waals surface area (Å²) < 4.78 is 0. The molecule has 36 heteroatoms. The third-order valence-electron chi connectivity index (χ3n) is 15.1. The highest BCUT2D eigenvalue weighted by Gasteiger charge is 2.37. The van der Waals surface area contributed by atoms with E-state index in [-0.39, 0.29) is 112 Å². The van der Waals surface area contributed by atoms with Crippen LogP contribution in [0.3, 0.4) is 0 Å². The van der Waals surface area contributed by atoms with Gasteiger partial charge in [-0.3, -0.25) is 57.7 Å². The topological polar surface area (TPSA) is 434 Å². The van der Waals surface area contributed by atoms with E-state index in [4.69, 9.17) is 11.6 Å². The molecule has 0 unspecified atom stereocenters. The van der Waals surface area contributed by atoms with Gasteiger partial charge in [0.05, 0.1) is 18.4 Å². The van der Waals surface area contributed by atoms with Crippen LogP contribution in [0.2, 0.25) is 5.02 Å². The summed E-state index contributed by atoms with van der Waals surface area (Å²) in [6, 6.07) is 3.33. The smallest absolute Gasteiger partial charge is 0.252 e. The maximum atomic E-state index is 14.9. The Bertz CT molecular complexity index is 3080. The fraction of sp³-hybridized carbons (Fsp3) is 0.548. The molecule has 1 saturated heterocycles. The number of aromatic nitrogens is 1. The quantitative estimate of drug-likeness (QED) is 0.0161. The first-order valence-corrected chi connectivity index (χ1v) is 35.5. The molecule has 98 heavy (non-hydrogen) atoms. The number of carbonyl (C=O) groups is 11. The Morgan fingerprint density at radius 2 is 1.09 bits per heavy atom. The number of aliphatic hydroxyl groups excluding tert-OH is 2. The molecular formula is C62H94ClN17O13S5. The lowest BCUT2D eigenvalue weighted by Gasteiger charge is -2.29. The van der Waals surface area contributed by atoms with Gasteiger partial charge in [-0.25, -0.2) is 0 Å². The van der Waals surface area contributed by atoms with Gasteiger partial charge in [0.1, 0.15) is 60.4 Å².